The second kappa shape index (κ2) is 5.53. The van der Waals surface area contributed by atoms with E-state index < -0.39 is 11.9 Å². The summed E-state index contributed by atoms with van der Waals surface area (Å²) in [5.74, 6) is -0.823. The lowest BCUT2D eigenvalue weighted by Crippen LogP contribution is -2.51. The number of anilines is 1. The Labute approximate surface area is 132 Å². The van der Waals surface area contributed by atoms with Crippen molar-refractivity contribution in [2.45, 2.75) is 37.6 Å². The van der Waals surface area contributed by atoms with Crippen molar-refractivity contribution in [3.8, 4) is 0 Å². The van der Waals surface area contributed by atoms with Crippen LogP contribution >= 0.6 is 0 Å². The molecule has 0 aromatic carbocycles. The second-order valence-electron chi connectivity index (χ2n) is 6.06. The highest BCUT2D eigenvalue weighted by atomic mass is 16.2. The molecule has 1 saturated heterocycles. The number of aromatic nitrogens is 3. The van der Waals surface area contributed by atoms with Crippen molar-refractivity contribution in [1.29, 1.82) is 0 Å². The number of imide groups is 1. The van der Waals surface area contributed by atoms with Gasteiger partial charge >= 0.3 is 6.03 Å². The Morgan fingerprint density at radius 3 is 2.87 bits per heavy atom. The first-order chi connectivity index (χ1) is 11.2. The van der Waals surface area contributed by atoms with Crippen LogP contribution in [0.4, 0.5) is 10.5 Å². The lowest BCUT2D eigenvalue weighted by atomic mass is 10.0. The molecule has 2 aliphatic rings. The van der Waals surface area contributed by atoms with Crippen molar-refractivity contribution in [2.24, 2.45) is 0 Å². The fourth-order valence-corrected chi connectivity index (χ4v) is 3.27. The van der Waals surface area contributed by atoms with Crippen LogP contribution in [0.1, 0.15) is 37.3 Å². The summed E-state index contributed by atoms with van der Waals surface area (Å²) in [4.78, 5) is 27.7. The molecular formula is C15H18N6O2. The molecule has 3 heterocycles. The smallest absolute Gasteiger partial charge is 0.321 e. The molecule has 0 spiro atoms. The molecule has 1 aliphatic heterocycles. The number of hydrogen-bond acceptors (Lipinski definition) is 5. The summed E-state index contributed by atoms with van der Waals surface area (Å²) in [5, 5.41) is 12.9. The van der Waals surface area contributed by atoms with E-state index in [0.29, 0.717) is 11.7 Å². The zero-order valence-corrected chi connectivity index (χ0v) is 12.6. The van der Waals surface area contributed by atoms with E-state index in [1.54, 1.807) is 16.9 Å². The summed E-state index contributed by atoms with van der Waals surface area (Å²) in [6.45, 7) is 0.251. The highest BCUT2D eigenvalue weighted by Crippen LogP contribution is 2.26. The van der Waals surface area contributed by atoms with E-state index in [-0.39, 0.29) is 12.5 Å². The minimum atomic E-state index is -0.497. The van der Waals surface area contributed by atoms with Crippen molar-refractivity contribution in [3.05, 3.63) is 24.2 Å². The zero-order chi connectivity index (χ0) is 15.8. The van der Waals surface area contributed by atoms with E-state index in [9.17, 15) is 9.59 Å². The first-order valence-corrected chi connectivity index (χ1v) is 7.90. The van der Waals surface area contributed by atoms with Gasteiger partial charge in [0.1, 0.15) is 0 Å². The number of nitrogens with zero attached hydrogens (tertiary/aromatic N) is 3. The van der Waals surface area contributed by atoms with E-state index in [2.05, 4.69) is 26.0 Å². The van der Waals surface area contributed by atoms with Gasteiger partial charge in [0.2, 0.25) is 5.91 Å². The molecule has 1 atom stereocenters. The van der Waals surface area contributed by atoms with Crippen LogP contribution < -0.4 is 16.0 Å². The van der Waals surface area contributed by atoms with Gasteiger partial charge in [-0.15, -0.1) is 0 Å². The predicted octanol–water partition coefficient (Wildman–Crippen LogP) is 1.01. The summed E-state index contributed by atoms with van der Waals surface area (Å²) in [5.41, 5.74) is 2.26. The van der Waals surface area contributed by atoms with E-state index in [1.807, 2.05) is 6.07 Å². The van der Waals surface area contributed by atoms with Crippen LogP contribution in [0, 0.1) is 0 Å². The molecule has 0 radical (unpaired) electrons. The molecule has 4 rings (SSSR count). The monoisotopic (exact) mass is 314 g/mol. The van der Waals surface area contributed by atoms with Gasteiger partial charge in [0.15, 0.2) is 5.65 Å². The molecule has 1 unspecified atom stereocenters. The third kappa shape index (κ3) is 2.60. The van der Waals surface area contributed by atoms with E-state index in [0.717, 1.165) is 24.2 Å². The molecule has 1 aliphatic carbocycles. The molecular weight excluding hydrogens is 296 g/mol. The van der Waals surface area contributed by atoms with Gasteiger partial charge in [0, 0.05) is 25.0 Å². The average molecular weight is 314 g/mol. The van der Waals surface area contributed by atoms with Crippen LogP contribution in [-0.4, -0.2) is 39.1 Å². The number of rotatable bonds is 3. The van der Waals surface area contributed by atoms with Gasteiger partial charge in [0.25, 0.3) is 0 Å². The number of imidazole rings is 1. The fourth-order valence-electron chi connectivity index (χ4n) is 3.27. The lowest BCUT2D eigenvalue weighted by molar-refractivity contribution is -0.122. The maximum Gasteiger partial charge on any atom is 0.321 e. The molecule has 0 bridgehead atoms. The lowest BCUT2D eigenvalue weighted by Gasteiger charge is -2.22. The third-order valence-corrected chi connectivity index (χ3v) is 4.47. The predicted molar refractivity (Wildman–Crippen MR) is 83.1 cm³/mol. The topological polar surface area (TPSA) is 100 Å². The number of hydrogen-bond donors (Lipinski definition) is 3. The standard InChI is InChI=1S/C15H18N6O2/c22-14-10(8-17-15(23)19-14)11-7-12(18-9-3-1-2-4-9)13-16-5-6-21(13)20-11/h5-7,9-10,18H,1-4,8H2,(H2,17,19,22,23). The first-order valence-electron chi connectivity index (χ1n) is 7.90. The number of carbonyl (C=O) groups is 2. The quantitative estimate of drug-likeness (QED) is 0.785. The fraction of sp³-hybridized carbons (Fsp3) is 0.467. The van der Waals surface area contributed by atoms with Crippen LogP contribution in [0.3, 0.4) is 0 Å². The van der Waals surface area contributed by atoms with E-state index >= 15 is 0 Å². The normalized spacial score (nSPS) is 22.2. The van der Waals surface area contributed by atoms with Crippen molar-refractivity contribution in [1.82, 2.24) is 25.2 Å². The van der Waals surface area contributed by atoms with E-state index in [4.69, 9.17) is 0 Å². The molecule has 2 fully saturated rings. The minimum Gasteiger partial charge on any atom is -0.379 e. The highest BCUT2D eigenvalue weighted by molar-refractivity contribution is 6.00. The summed E-state index contributed by atoms with van der Waals surface area (Å²) in [6.07, 6.45) is 8.20. The molecule has 2 aromatic heterocycles. The van der Waals surface area contributed by atoms with Gasteiger partial charge in [0.05, 0.1) is 17.3 Å². The Hall–Kier alpha value is -2.64. The Balaban J connectivity index is 1.69. The van der Waals surface area contributed by atoms with Gasteiger partial charge in [-0.05, 0) is 18.9 Å². The van der Waals surface area contributed by atoms with Crippen molar-refractivity contribution in [2.75, 3.05) is 11.9 Å². The van der Waals surface area contributed by atoms with Crippen molar-refractivity contribution < 1.29 is 9.59 Å². The molecule has 120 valence electrons. The summed E-state index contributed by atoms with van der Waals surface area (Å²) in [6, 6.07) is 1.85. The van der Waals surface area contributed by atoms with Crippen LogP contribution in [0.2, 0.25) is 0 Å². The van der Waals surface area contributed by atoms with Crippen molar-refractivity contribution >= 4 is 23.3 Å². The van der Waals surface area contributed by atoms with Gasteiger partial charge < -0.3 is 10.6 Å². The number of fused-ring (bicyclic) bond motifs is 1. The highest BCUT2D eigenvalue weighted by Gasteiger charge is 2.30. The molecule has 2 aromatic rings. The SMILES string of the molecule is O=C1NCC(c2cc(NC3CCCC3)c3nccn3n2)C(=O)N1. The summed E-state index contributed by atoms with van der Waals surface area (Å²) >= 11 is 0. The zero-order valence-electron chi connectivity index (χ0n) is 12.6. The maximum absolute atomic E-state index is 12.1. The maximum atomic E-state index is 12.1. The second-order valence-corrected chi connectivity index (χ2v) is 6.06. The number of urea groups is 1. The van der Waals surface area contributed by atoms with E-state index in [1.165, 1.54) is 12.8 Å². The Kier molecular flexibility index (Phi) is 3.36. The molecule has 8 heteroatoms. The molecule has 3 amide bonds. The molecule has 3 N–H and O–H groups in total. The number of carbonyl (C=O) groups excluding carboxylic acids is 2. The van der Waals surface area contributed by atoms with Gasteiger partial charge in [-0.25, -0.2) is 14.3 Å². The number of nitrogens with one attached hydrogen (secondary N) is 3. The molecule has 23 heavy (non-hydrogen) atoms. The molecule has 1 saturated carbocycles. The number of amides is 3. The Bertz CT molecular complexity index is 764. The van der Waals surface area contributed by atoms with Gasteiger partial charge in [-0.3, -0.25) is 10.1 Å². The van der Waals surface area contributed by atoms with Crippen molar-refractivity contribution in [3.63, 3.8) is 0 Å². The minimum absolute atomic E-state index is 0.251. The van der Waals surface area contributed by atoms with Crippen LogP contribution in [0.5, 0.6) is 0 Å². The Morgan fingerprint density at radius 1 is 1.26 bits per heavy atom. The van der Waals surface area contributed by atoms with Crippen LogP contribution in [-0.2, 0) is 4.79 Å². The first kappa shape index (κ1) is 14.0. The third-order valence-electron chi connectivity index (χ3n) is 4.47. The summed E-state index contributed by atoms with van der Waals surface area (Å²) < 4.78 is 1.68. The van der Waals surface area contributed by atoms with Crippen LogP contribution in [0.25, 0.3) is 5.65 Å². The van der Waals surface area contributed by atoms with Crippen LogP contribution in [0.15, 0.2) is 18.5 Å². The average Bonchev–Trinajstić information content (AvgIpc) is 3.18. The Morgan fingerprint density at radius 2 is 2.09 bits per heavy atom. The molecule has 8 nitrogen and oxygen atoms in total. The van der Waals surface area contributed by atoms with Gasteiger partial charge in [-0.1, -0.05) is 12.8 Å². The largest absolute Gasteiger partial charge is 0.379 e. The summed E-state index contributed by atoms with van der Waals surface area (Å²) in [7, 11) is 0. The van der Waals surface area contributed by atoms with Gasteiger partial charge in [-0.2, -0.15) is 5.10 Å².